The van der Waals surface area contributed by atoms with Gasteiger partial charge in [-0.2, -0.15) is 0 Å². The fourth-order valence-electron chi connectivity index (χ4n) is 0. The summed E-state index contributed by atoms with van der Waals surface area (Å²) >= 11 is -5.94. The van der Waals surface area contributed by atoms with Crippen molar-refractivity contribution in [2.45, 2.75) is 6.92 Å². The molecule has 10 heavy (non-hydrogen) atoms. The Bertz CT molecular complexity index is 78.2. The first-order valence-electron chi connectivity index (χ1n) is 1.54. The summed E-state index contributed by atoms with van der Waals surface area (Å²) in [6.45, 7) is 1.08. The molecule has 0 aliphatic carbocycles. The van der Waals surface area contributed by atoms with Crippen LogP contribution in [0.15, 0.2) is 0 Å². The van der Waals surface area contributed by atoms with Crippen LogP contribution in [0.25, 0.3) is 0 Å². The van der Waals surface area contributed by atoms with Gasteiger partial charge in [-0.15, -0.1) is 0 Å². The van der Waals surface area contributed by atoms with Crippen molar-refractivity contribution < 1.29 is 73.3 Å². The molecule has 0 amide bonds. The third kappa shape index (κ3) is 540. The largest absolute Gasteiger partial charge is 1.00 e. The number of halogens is 1. The summed E-state index contributed by atoms with van der Waals surface area (Å²) in [5.74, 6) is -0.833. The van der Waals surface area contributed by atoms with E-state index in [1.165, 1.54) is 0 Å². The quantitative estimate of drug-likeness (QED) is 0.345. The van der Waals surface area contributed by atoms with Gasteiger partial charge >= 0.3 is 29.6 Å². The van der Waals surface area contributed by atoms with Crippen molar-refractivity contribution in [3.63, 3.8) is 0 Å². The first-order valence-corrected chi connectivity index (χ1v) is 5.07. The zero-order valence-corrected chi connectivity index (χ0v) is 9.52. The second kappa shape index (κ2) is 8.14. The van der Waals surface area contributed by atoms with Crippen molar-refractivity contribution >= 4 is 5.97 Å². The molecule has 0 unspecified atom stereocenters. The van der Waals surface area contributed by atoms with Crippen LogP contribution in [0.1, 0.15) is 6.92 Å². The molecule has 0 bridgehead atoms. The number of aliphatic carboxylic acids is 1. The Balaban J connectivity index is -0.0000000910. The number of rotatable bonds is 0. The predicted molar refractivity (Wildman–Crippen MR) is 13.3 cm³/mol. The molecule has 0 aromatic rings. The smallest absolute Gasteiger partial charge is 0.481 e. The van der Waals surface area contributed by atoms with Gasteiger partial charge in [-0.25, -0.2) is 0 Å². The van der Waals surface area contributed by atoms with E-state index in [-0.39, 0.29) is 29.6 Å². The fourth-order valence-corrected chi connectivity index (χ4v) is 0. The normalized spacial score (nSPS) is 8.50. The predicted octanol–water partition coefficient (Wildman–Crippen LogP) is -10.7. The SMILES string of the molecule is CC(=O)O.[Na+].[O-][I+3]([O-])([O-])[O-]. The van der Waals surface area contributed by atoms with Crippen molar-refractivity contribution in [1.29, 1.82) is 0 Å². The maximum absolute atomic E-state index is 9.00. The first kappa shape index (κ1) is 17.2. The van der Waals surface area contributed by atoms with Gasteiger partial charge in [0.25, 0.3) is 5.97 Å². The van der Waals surface area contributed by atoms with Crippen LogP contribution in [0.2, 0.25) is 0 Å². The zero-order chi connectivity index (χ0) is 8.08. The standard InChI is InChI=1S/C2H4O2.IO4.Na/c1-2(3)4;2-1(3,4)5;/h1H3,(H,3,4);;/q;-1;+1. The minimum Gasteiger partial charge on any atom is -0.481 e. The monoisotopic (exact) mass is 274 g/mol. The summed E-state index contributed by atoms with van der Waals surface area (Å²) in [6.07, 6.45) is 0. The topological polar surface area (TPSA) is 130 Å². The second-order valence-corrected chi connectivity index (χ2v) is 3.05. The van der Waals surface area contributed by atoms with Gasteiger partial charge in [-0.1, -0.05) is 0 Å². The van der Waals surface area contributed by atoms with E-state index >= 15 is 0 Å². The Morgan fingerprint density at radius 2 is 1.30 bits per heavy atom. The summed E-state index contributed by atoms with van der Waals surface area (Å²) in [7, 11) is 0. The molecule has 0 atom stereocenters. The molecule has 0 radical (unpaired) electrons. The van der Waals surface area contributed by atoms with Gasteiger partial charge in [0.15, 0.2) is 0 Å². The molecule has 0 aliphatic rings. The van der Waals surface area contributed by atoms with Gasteiger partial charge < -0.3 is 5.11 Å². The average Bonchev–Trinajstić information content (AvgIpc) is 1.19. The van der Waals surface area contributed by atoms with Crippen LogP contribution in [-0.2, 0) is 4.79 Å². The summed E-state index contributed by atoms with van der Waals surface area (Å²) in [4.78, 5) is 9.00. The van der Waals surface area contributed by atoms with Gasteiger partial charge in [0.05, 0.1) is 0 Å². The molecule has 0 aliphatic heterocycles. The molecular weight excluding hydrogens is 270 g/mol. The van der Waals surface area contributed by atoms with Crippen LogP contribution >= 0.6 is 0 Å². The Hall–Kier alpha value is 1.04. The zero-order valence-electron chi connectivity index (χ0n) is 5.37. The number of carboxylic acids is 1. The molecule has 0 saturated heterocycles. The van der Waals surface area contributed by atoms with E-state index < -0.39 is 26.1 Å². The number of carbonyl (C=O) groups is 1. The minimum atomic E-state index is -5.94. The van der Waals surface area contributed by atoms with E-state index in [1.54, 1.807) is 0 Å². The number of carboxylic acid groups (broad SMARTS) is 1. The van der Waals surface area contributed by atoms with Gasteiger partial charge in [-0.05, 0) is 0 Å². The maximum Gasteiger partial charge on any atom is 1.00 e. The van der Waals surface area contributed by atoms with Crippen LogP contribution in [0.4, 0.5) is 0 Å². The molecule has 0 aromatic heterocycles. The van der Waals surface area contributed by atoms with Crippen molar-refractivity contribution in [1.82, 2.24) is 0 Å². The molecule has 0 saturated carbocycles. The van der Waals surface area contributed by atoms with Crippen molar-refractivity contribution in [3.05, 3.63) is 0 Å². The molecule has 0 heterocycles. The minimum absolute atomic E-state index is 0. The number of hydrogen-bond donors (Lipinski definition) is 1. The van der Waals surface area contributed by atoms with Crippen molar-refractivity contribution in [2.24, 2.45) is 0 Å². The van der Waals surface area contributed by atoms with Gasteiger partial charge in [-0.3, -0.25) is 18.5 Å². The van der Waals surface area contributed by atoms with Gasteiger partial charge in [0, 0.05) is 6.92 Å². The van der Waals surface area contributed by atoms with Crippen molar-refractivity contribution in [3.8, 4) is 0 Å². The van der Waals surface area contributed by atoms with Gasteiger partial charge in [0.2, 0.25) is 0 Å². The van der Waals surface area contributed by atoms with E-state index in [4.69, 9.17) is 23.6 Å². The van der Waals surface area contributed by atoms with Crippen LogP contribution in [0.5, 0.6) is 0 Å². The van der Waals surface area contributed by atoms with Crippen molar-refractivity contribution in [2.75, 3.05) is 0 Å². The van der Waals surface area contributed by atoms with Crippen LogP contribution < -0.4 is 63.4 Å². The van der Waals surface area contributed by atoms with E-state index in [1.807, 2.05) is 0 Å². The molecule has 1 N–H and O–H groups in total. The maximum atomic E-state index is 9.00. The van der Waals surface area contributed by atoms with Gasteiger partial charge in [0.1, 0.15) is 20.1 Å². The Kier molecular flexibility index (Phi) is 14.0. The third-order valence-corrected chi connectivity index (χ3v) is 0. The average molecular weight is 274 g/mol. The molecule has 0 fully saturated rings. The number of hydrogen-bond acceptors (Lipinski definition) is 5. The van der Waals surface area contributed by atoms with E-state index in [9.17, 15) is 0 Å². The molecule has 6 nitrogen and oxygen atoms in total. The fraction of sp³-hybridized carbons (Fsp3) is 0.500. The second-order valence-electron chi connectivity index (χ2n) is 0.897. The molecular formula is C2H4INaO6. The Morgan fingerprint density at radius 1 is 1.30 bits per heavy atom. The van der Waals surface area contributed by atoms with E-state index in [0.29, 0.717) is 0 Å². The third-order valence-electron chi connectivity index (χ3n) is 0. The summed E-state index contributed by atoms with van der Waals surface area (Å²) in [5.41, 5.74) is 0. The van der Waals surface area contributed by atoms with Crippen LogP contribution in [0.3, 0.4) is 0 Å². The first-order chi connectivity index (χ1) is 3.73. The molecule has 0 aromatic carbocycles. The Labute approximate surface area is 85.5 Å². The Morgan fingerprint density at radius 3 is 1.30 bits per heavy atom. The molecule has 0 spiro atoms. The van der Waals surface area contributed by atoms with Crippen LogP contribution in [0, 0.1) is 0 Å². The molecule has 0 rings (SSSR count). The summed E-state index contributed by atoms with van der Waals surface area (Å²) in [6, 6.07) is 0. The molecule has 8 heteroatoms. The summed E-state index contributed by atoms with van der Waals surface area (Å²) < 4.78 is 34.5. The van der Waals surface area contributed by atoms with E-state index in [0.717, 1.165) is 6.92 Å². The van der Waals surface area contributed by atoms with Crippen LogP contribution in [-0.4, -0.2) is 11.1 Å². The summed E-state index contributed by atoms with van der Waals surface area (Å²) in [5, 5.41) is 7.42. The molecule has 56 valence electrons. The van der Waals surface area contributed by atoms with E-state index in [2.05, 4.69) is 0 Å².